The van der Waals surface area contributed by atoms with Crippen molar-refractivity contribution in [3.05, 3.63) is 83.2 Å². The van der Waals surface area contributed by atoms with Crippen LogP contribution < -0.4 is 0 Å². The molecule has 100 valence electrons. The van der Waals surface area contributed by atoms with Gasteiger partial charge in [-0.2, -0.15) is 5.26 Å². The number of hydrogen-bond donors (Lipinski definition) is 0. The Hall–Kier alpha value is -2.99. The number of rotatable bonds is 2. The molecule has 0 bridgehead atoms. The average molecular weight is 275 g/mol. The fraction of sp³-hybridized carbons (Fsp3) is 0. The summed E-state index contributed by atoms with van der Waals surface area (Å²) in [5.41, 5.74) is 0.703. The molecule has 0 amide bonds. The highest BCUT2D eigenvalue weighted by molar-refractivity contribution is 6.10. The predicted molar refractivity (Wildman–Crippen MR) is 78.5 cm³/mol. The standard InChI is InChI=1S/C18H10FNO/c19-17-8-7-15(10-16(17)11-20)18(21)14-6-5-12-3-1-2-4-13(12)9-14/h1-10H. The maximum absolute atomic E-state index is 13.3. The van der Waals surface area contributed by atoms with Gasteiger partial charge in [0.05, 0.1) is 5.56 Å². The minimum atomic E-state index is -0.618. The van der Waals surface area contributed by atoms with E-state index in [0.29, 0.717) is 11.1 Å². The van der Waals surface area contributed by atoms with E-state index >= 15 is 0 Å². The molecular weight excluding hydrogens is 265 g/mol. The Morgan fingerprint density at radius 2 is 1.57 bits per heavy atom. The molecule has 21 heavy (non-hydrogen) atoms. The van der Waals surface area contributed by atoms with E-state index in [1.54, 1.807) is 18.2 Å². The van der Waals surface area contributed by atoms with Crippen LogP contribution in [0.15, 0.2) is 60.7 Å². The highest BCUT2D eigenvalue weighted by Gasteiger charge is 2.12. The summed E-state index contributed by atoms with van der Waals surface area (Å²) in [7, 11) is 0. The summed E-state index contributed by atoms with van der Waals surface area (Å²) >= 11 is 0. The van der Waals surface area contributed by atoms with E-state index in [9.17, 15) is 9.18 Å². The second kappa shape index (κ2) is 5.18. The van der Waals surface area contributed by atoms with E-state index < -0.39 is 5.82 Å². The molecule has 0 aliphatic carbocycles. The fourth-order valence-corrected chi connectivity index (χ4v) is 2.25. The van der Waals surface area contributed by atoms with Crippen molar-refractivity contribution in [3.8, 4) is 6.07 Å². The molecule has 3 aromatic carbocycles. The molecule has 2 nitrogen and oxygen atoms in total. The maximum Gasteiger partial charge on any atom is 0.193 e. The van der Waals surface area contributed by atoms with Crippen LogP contribution in [0.3, 0.4) is 0 Å². The second-order valence-electron chi connectivity index (χ2n) is 4.70. The number of carbonyl (C=O) groups is 1. The van der Waals surface area contributed by atoms with Gasteiger partial charge in [-0.25, -0.2) is 4.39 Å². The topological polar surface area (TPSA) is 40.9 Å². The predicted octanol–water partition coefficient (Wildman–Crippen LogP) is 4.08. The first kappa shape index (κ1) is 13.0. The minimum Gasteiger partial charge on any atom is -0.289 e. The van der Waals surface area contributed by atoms with Gasteiger partial charge in [-0.15, -0.1) is 0 Å². The lowest BCUT2D eigenvalue weighted by molar-refractivity contribution is 0.103. The monoisotopic (exact) mass is 275 g/mol. The molecular formula is C18H10FNO. The van der Waals surface area contributed by atoms with Crippen molar-refractivity contribution in [3.63, 3.8) is 0 Å². The summed E-state index contributed by atoms with van der Waals surface area (Å²) in [5, 5.41) is 10.8. The molecule has 0 fully saturated rings. The minimum absolute atomic E-state index is 0.123. The van der Waals surface area contributed by atoms with Crippen LogP contribution in [0.5, 0.6) is 0 Å². The molecule has 3 aromatic rings. The van der Waals surface area contributed by atoms with Crippen molar-refractivity contribution in [1.29, 1.82) is 5.26 Å². The van der Waals surface area contributed by atoms with Crippen LogP contribution in [0.2, 0.25) is 0 Å². The van der Waals surface area contributed by atoms with Crippen LogP contribution in [0, 0.1) is 17.1 Å². The smallest absolute Gasteiger partial charge is 0.193 e. The lowest BCUT2D eigenvalue weighted by Gasteiger charge is -2.04. The summed E-state index contributed by atoms with van der Waals surface area (Å²) < 4.78 is 13.3. The summed E-state index contributed by atoms with van der Waals surface area (Å²) in [5.74, 6) is -0.843. The van der Waals surface area contributed by atoms with Crippen LogP contribution in [-0.2, 0) is 0 Å². The number of fused-ring (bicyclic) bond motifs is 1. The molecule has 0 spiro atoms. The summed E-state index contributed by atoms with van der Waals surface area (Å²) in [4.78, 5) is 12.4. The van der Waals surface area contributed by atoms with Gasteiger partial charge < -0.3 is 0 Å². The third kappa shape index (κ3) is 2.39. The van der Waals surface area contributed by atoms with Gasteiger partial charge in [0.15, 0.2) is 5.78 Å². The van der Waals surface area contributed by atoms with Gasteiger partial charge >= 0.3 is 0 Å². The van der Waals surface area contributed by atoms with Crippen LogP contribution >= 0.6 is 0 Å². The second-order valence-corrected chi connectivity index (χ2v) is 4.70. The van der Waals surface area contributed by atoms with Crippen molar-refractivity contribution in [1.82, 2.24) is 0 Å². The van der Waals surface area contributed by atoms with Crippen molar-refractivity contribution in [2.45, 2.75) is 0 Å². The molecule has 0 unspecified atom stereocenters. The molecule has 3 heteroatoms. The normalized spacial score (nSPS) is 10.3. The van der Waals surface area contributed by atoms with Crippen LogP contribution in [0.1, 0.15) is 21.5 Å². The Bertz CT molecular complexity index is 893. The quantitative estimate of drug-likeness (QED) is 0.661. The zero-order chi connectivity index (χ0) is 14.8. The molecule has 0 N–H and O–H groups in total. The first-order chi connectivity index (χ1) is 10.2. The van der Waals surface area contributed by atoms with E-state index in [4.69, 9.17) is 5.26 Å². The van der Waals surface area contributed by atoms with E-state index in [-0.39, 0.29) is 11.3 Å². The van der Waals surface area contributed by atoms with Crippen LogP contribution in [0.4, 0.5) is 4.39 Å². The van der Waals surface area contributed by atoms with Gasteiger partial charge in [0.1, 0.15) is 11.9 Å². The Morgan fingerprint density at radius 3 is 2.33 bits per heavy atom. The molecule has 3 rings (SSSR count). The molecule has 0 saturated carbocycles. The van der Waals surface area contributed by atoms with Crippen molar-refractivity contribution < 1.29 is 9.18 Å². The highest BCUT2D eigenvalue weighted by atomic mass is 19.1. The summed E-state index contributed by atoms with van der Waals surface area (Å²) in [6, 6.07) is 18.7. The van der Waals surface area contributed by atoms with E-state index in [1.165, 1.54) is 12.1 Å². The first-order valence-electron chi connectivity index (χ1n) is 6.42. The average Bonchev–Trinajstić information content (AvgIpc) is 2.54. The molecule has 0 saturated heterocycles. The Morgan fingerprint density at radius 1 is 0.905 bits per heavy atom. The molecule has 0 aliphatic rings. The summed E-state index contributed by atoms with van der Waals surface area (Å²) in [6.45, 7) is 0. The van der Waals surface area contributed by atoms with Gasteiger partial charge in [0.25, 0.3) is 0 Å². The lowest BCUT2D eigenvalue weighted by Crippen LogP contribution is -2.02. The fourth-order valence-electron chi connectivity index (χ4n) is 2.25. The number of nitriles is 1. The lowest BCUT2D eigenvalue weighted by atomic mass is 9.99. The van der Waals surface area contributed by atoms with Crippen molar-refractivity contribution >= 4 is 16.6 Å². The zero-order valence-electron chi connectivity index (χ0n) is 11.0. The zero-order valence-corrected chi connectivity index (χ0v) is 11.0. The number of carbonyl (C=O) groups excluding carboxylic acids is 1. The third-order valence-corrected chi connectivity index (χ3v) is 3.36. The van der Waals surface area contributed by atoms with E-state index in [2.05, 4.69) is 0 Å². The Balaban J connectivity index is 2.06. The van der Waals surface area contributed by atoms with E-state index in [1.807, 2.05) is 30.3 Å². The molecule has 0 aliphatic heterocycles. The van der Waals surface area contributed by atoms with Gasteiger partial charge in [-0.05, 0) is 35.0 Å². The van der Waals surface area contributed by atoms with Crippen molar-refractivity contribution in [2.75, 3.05) is 0 Å². The number of nitrogens with zero attached hydrogens (tertiary/aromatic N) is 1. The SMILES string of the molecule is N#Cc1cc(C(=O)c2ccc3ccccc3c2)ccc1F. The molecule has 0 heterocycles. The van der Waals surface area contributed by atoms with Gasteiger partial charge in [-0.3, -0.25) is 4.79 Å². The molecule has 0 radical (unpaired) electrons. The number of ketones is 1. The van der Waals surface area contributed by atoms with Crippen LogP contribution in [0.25, 0.3) is 10.8 Å². The third-order valence-electron chi connectivity index (χ3n) is 3.36. The largest absolute Gasteiger partial charge is 0.289 e. The molecule has 0 atom stereocenters. The van der Waals surface area contributed by atoms with Gasteiger partial charge in [0, 0.05) is 11.1 Å². The van der Waals surface area contributed by atoms with Gasteiger partial charge in [0.2, 0.25) is 0 Å². The van der Waals surface area contributed by atoms with Crippen LogP contribution in [-0.4, -0.2) is 5.78 Å². The summed E-state index contributed by atoms with van der Waals surface area (Å²) in [6.07, 6.45) is 0. The maximum atomic E-state index is 13.3. The Kier molecular flexibility index (Phi) is 3.21. The van der Waals surface area contributed by atoms with Crippen molar-refractivity contribution in [2.24, 2.45) is 0 Å². The Labute approximate surface area is 121 Å². The highest BCUT2D eigenvalue weighted by Crippen LogP contribution is 2.19. The van der Waals surface area contributed by atoms with E-state index in [0.717, 1.165) is 16.8 Å². The number of hydrogen-bond acceptors (Lipinski definition) is 2. The molecule has 0 aromatic heterocycles. The first-order valence-corrected chi connectivity index (χ1v) is 6.42. The number of benzene rings is 3. The number of halogens is 1. The van der Waals surface area contributed by atoms with Gasteiger partial charge in [-0.1, -0.05) is 36.4 Å².